The van der Waals surface area contributed by atoms with Crippen LogP contribution in [0.15, 0.2) is 36.4 Å². The molecule has 0 spiro atoms. The largest absolute Gasteiger partial charge is 0.562 e. The third-order valence-electron chi connectivity index (χ3n) is 5.65. The summed E-state index contributed by atoms with van der Waals surface area (Å²) in [6.07, 6.45) is 0. The number of rotatable bonds is 0. The van der Waals surface area contributed by atoms with Gasteiger partial charge in [-0.3, -0.25) is 0 Å². The first-order chi connectivity index (χ1) is 15.5. The average Bonchev–Trinajstić information content (AvgIpc) is 3.30. The maximum atomic E-state index is 9.29. The highest BCUT2D eigenvalue weighted by atomic mass is 15.1. The fourth-order valence-electron chi connectivity index (χ4n) is 4.13. The average molecular weight is 412 g/mol. The fraction of sp³-hybridized carbons (Fsp3) is 0.0833. The van der Waals surface area contributed by atoms with Crippen molar-refractivity contribution < 1.29 is 0 Å². The van der Waals surface area contributed by atoms with E-state index < -0.39 is 0 Å². The number of hydrogen-bond donors (Lipinski definition) is 0. The van der Waals surface area contributed by atoms with E-state index in [2.05, 4.69) is 36.6 Å². The van der Waals surface area contributed by atoms with Crippen LogP contribution in [-0.2, 0) is 14.1 Å². The van der Waals surface area contributed by atoms with Crippen molar-refractivity contribution in [3.05, 3.63) is 81.6 Å². The van der Waals surface area contributed by atoms with E-state index in [9.17, 15) is 5.26 Å². The molecule has 8 nitrogen and oxygen atoms in total. The van der Waals surface area contributed by atoms with Crippen molar-refractivity contribution in [1.29, 1.82) is 5.26 Å². The van der Waals surface area contributed by atoms with Crippen molar-refractivity contribution in [2.45, 2.75) is 0 Å². The molecule has 0 N–H and O–H groups in total. The van der Waals surface area contributed by atoms with E-state index >= 15 is 0 Å². The lowest BCUT2D eigenvalue weighted by molar-refractivity contribution is 0.896. The van der Waals surface area contributed by atoms with Gasteiger partial charge in [-0.2, -0.15) is 9.69 Å². The van der Waals surface area contributed by atoms with Crippen LogP contribution in [0.3, 0.4) is 0 Å². The van der Waals surface area contributed by atoms with Gasteiger partial charge >= 0.3 is 11.5 Å². The molecule has 0 atom stereocenters. The molecule has 0 saturated heterocycles. The van der Waals surface area contributed by atoms with E-state index in [1.54, 1.807) is 23.2 Å². The highest BCUT2D eigenvalue weighted by molar-refractivity contribution is 6.11. The Labute approximate surface area is 181 Å². The summed E-state index contributed by atoms with van der Waals surface area (Å²) in [4.78, 5) is 18.9. The van der Waals surface area contributed by atoms with E-state index in [0.29, 0.717) is 22.0 Å². The van der Waals surface area contributed by atoms with Crippen LogP contribution in [0.4, 0.5) is 0 Å². The Kier molecular flexibility index (Phi) is 3.93. The summed E-state index contributed by atoms with van der Waals surface area (Å²) in [6, 6.07) is 13.8. The Morgan fingerprint density at radius 1 is 0.844 bits per heavy atom. The number of aryl methyl sites for hydroxylation is 2. The number of nitriles is 1. The summed E-state index contributed by atoms with van der Waals surface area (Å²) in [5.74, 6) is -0.0635. The lowest BCUT2D eigenvalue weighted by atomic mass is 10.0. The van der Waals surface area contributed by atoms with Crippen molar-refractivity contribution in [2.75, 3.05) is 0 Å². The van der Waals surface area contributed by atoms with Crippen LogP contribution >= 0.6 is 0 Å². The molecular formula is C24H12N8. The van der Waals surface area contributed by atoms with Crippen LogP contribution in [-0.4, -0.2) is 19.1 Å². The van der Waals surface area contributed by atoms with Gasteiger partial charge in [0, 0.05) is 19.5 Å². The highest BCUT2D eigenvalue weighted by Gasteiger charge is 2.15. The Hall–Kier alpha value is -5.18. The summed E-state index contributed by atoms with van der Waals surface area (Å²) >= 11 is 0. The second-order valence-electron chi connectivity index (χ2n) is 7.30. The van der Waals surface area contributed by atoms with Gasteiger partial charge in [-0.15, -0.1) is 0 Å². The summed E-state index contributed by atoms with van der Waals surface area (Å²) in [5.41, 5.74) is 3.74. The first-order valence-corrected chi connectivity index (χ1v) is 9.47. The first kappa shape index (κ1) is 18.8. The highest BCUT2D eigenvalue weighted by Crippen LogP contribution is 2.30. The molecule has 0 radical (unpaired) electrons. The van der Waals surface area contributed by atoms with Crippen molar-refractivity contribution >= 4 is 55.1 Å². The summed E-state index contributed by atoms with van der Waals surface area (Å²) < 4.78 is 3.55. The predicted octanol–water partition coefficient (Wildman–Crippen LogP) is 3.22. The minimum Gasteiger partial charge on any atom is -0.335 e. The third kappa shape index (κ3) is 2.45. The molecular weight excluding hydrogens is 400 g/mol. The normalized spacial score (nSPS) is 11.8. The van der Waals surface area contributed by atoms with Gasteiger partial charge in [-0.25, -0.2) is 20.1 Å². The second-order valence-corrected chi connectivity index (χ2v) is 7.30. The topological polar surface area (TPSA) is 72.5 Å². The molecule has 5 rings (SSSR count). The molecule has 2 heterocycles. The molecule has 0 amide bonds. The van der Waals surface area contributed by atoms with Crippen LogP contribution < -0.4 is 11.0 Å². The zero-order valence-electron chi connectivity index (χ0n) is 17.0. The Morgan fingerprint density at radius 2 is 1.56 bits per heavy atom. The number of fused-ring (bicyclic) bond motifs is 5. The third-order valence-corrected chi connectivity index (χ3v) is 5.65. The molecule has 0 aliphatic rings. The Bertz CT molecular complexity index is 1910. The van der Waals surface area contributed by atoms with Gasteiger partial charge in [-0.05, 0) is 46.5 Å². The van der Waals surface area contributed by atoms with Crippen LogP contribution in [0.25, 0.3) is 69.7 Å². The standard InChI is InChI=1S/C24H12N8/c1-26-19(12-25)23-29-17-7-6-13-8-14-10-18-20(31(4)24(30-18)22(27-2)28-3)11-15(14)9-16(13)21(17)32(23)5/h6-11H,4-5H3/b23-19-. The van der Waals surface area contributed by atoms with Crippen molar-refractivity contribution in [1.82, 2.24) is 19.1 Å². The van der Waals surface area contributed by atoms with Gasteiger partial charge in [-0.1, -0.05) is 6.07 Å². The molecule has 3 aromatic carbocycles. The molecule has 0 saturated carbocycles. The smallest absolute Gasteiger partial charge is 0.335 e. The number of hydrogen-bond acceptors (Lipinski definition) is 3. The maximum absolute atomic E-state index is 9.29. The summed E-state index contributed by atoms with van der Waals surface area (Å²) in [5, 5.41) is 13.2. The van der Waals surface area contributed by atoms with Gasteiger partial charge in [0.05, 0.1) is 34.7 Å². The maximum Gasteiger partial charge on any atom is 0.562 e. The lowest BCUT2D eigenvalue weighted by Crippen LogP contribution is -2.17. The zero-order valence-corrected chi connectivity index (χ0v) is 17.0. The van der Waals surface area contributed by atoms with Crippen molar-refractivity contribution in [3.8, 4) is 6.07 Å². The van der Waals surface area contributed by atoms with E-state index in [-0.39, 0.29) is 11.5 Å². The quantitative estimate of drug-likeness (QED) is 0.290. The van der Waals surface area contributed by atoms with Crippen LogP contribution in [0.2, 0.25) is 0 Å². The van der Waals surface area contributed by atoms with Crippen LogP contribution in [0.1, 0.15) is 0 Å². The number of benzene rings is 3. The molecule has 8 heteroatoms. The SMILES string of the molecule is [C-]#[N+]C([N+]#[C-])=c1nc2cc3cc4ccc5n/c(=C(\C#N)[N+]#[C-])n(C)c5c4cc3cc2n1C. The molecule has 0 aliphatic carbocycles. The number of nitrogens with zero attached hydrogens (tertiary/aromatic N) is 8. The van der Waals surface area contributed by atoms with Crippen LogP contribution in [0, 0.1) is 31.0 Å². The van der Waals surface area contributed by atoms with Crippen LogP contribution in [0.5, 0.6) is 0 Å². The van der Waals surface area contributed by atoms with Gasteiger partial charge in [0.2, 0.25) is 5.48 Å². The predicted molar refractivity (Wildman–Crippen MR) is 121 cm³/mol. The molecule has 148 valence electrons. The van der Waals surface area contributed by atoms with Gasteiger partial charge in [0.1, 0.15) is 18.6 Å². The lowest BCUT2D eigenvalue weighted by Gasteiger charge is -2.06. The summed E-state index contributed by atoms with van der Waals surface area (Å²) in [6.45, 7) is 21.7. The van der Waals surface area contributed by atoms with Crippen molar-refractivity contribution in [3.63, 3.8) is 0 Å². The van der Waals surface area contributed by atoms with E-state index in [1.165, 1.54) is 0 Å². The second kappa shape index (κ2) is 6.67. The van der Waals surface area contributed by atoms with Crippen molar-refractivity contribution in [2.24, 2.45) is 14.1 Å². The number of imidazole rings is 2. The van der Waals surface area contributed by atoms with E-state index in [4.69, 9.17) is 19.7 Å². The molecule has 5 aromatic rings. The Morgan fingerprint density at radius 3 is 2.25 bits per heavy atom. The van der Waals surface area contributed by atoms with E-state index in [0.717, 1.165) is 32.6 Å². The molecule has 0 bridgehead atoms. The Balaban J connectivity index is 1.93. The molecule has 0 aliphatic heterocycles. The first-order valence-electron chi connectivity index (χ1n) is 9.47. The van der Waals surface area contributed by atoms with Gasteiger partial charge in [0.25, 0.3) is 0 Å². The minimum atomic E-state index is -0.0635. The molecule has 0 unspecified atom stereocenters. The molecule has 2 aromatic heterocycles. The molecule has 32 heavy (non-hydrogen) atoms. The molecule has 0 fully saturated rings. The van der Waals surface area contributed by atoms with E-state index in [1.807, 2.05) is 30.3 Å². The zero-order chi connectivity index (χ0) is 22.6. The van der Waals surface area contributed by atoms with Gasteiger partial charge in [0.15, 0.2) is 0 Å². The fourth-order valence-corrected chi connectivity index (χ4v) is 4.13. The summed E-state index contributed by atoms with van der Waals surface area (Å²) in [7, 11) is 3.60. The number of aromatic nitrogens is 4. The minimum absolute atomic E-state index is 0.0477. The monoisotopic (exact) mass is 412 g/mol. The van der Waals surface area contributed by atoms with Gasteiger partial charge < -0.3 is 9.13 Å².